The van der Waals surface area contributed by atoms with Gasteiger partial charge in [-0.1, -0.05) is 29.4 Å². The SMILES string of the molecule is C=CCN1C(=O)/C(=C/c2cc(Br)c(Sc3ccc(Cl)cc3)o2)C(=O)NC1=S. The summed E-state index contributed by atoms with van der Waals surface area (Å²) in [4.78, 5) is 26.9. The third kappa shape index (κ3) is 4.52. The lowest BCUT2D eigenvalue weighted by Crippen LogP contribution is -2.53. The maximum atomic E-state index is 12.5. The summed E-state index contributed by atoms with van der Waals surface area (Å²) in [6.45, 7) is 3.79. The molecule has 0 saturated carbocycles. The molecule has 1 saturated heterocycles. The second kappa shape index (κ2) is 8.43. The molecule has 138 valence electrons. The van der Waals surface area contributed by atoms with Crippen LogP contribution in [0.15, 0.2) is 67.4 Å². The van der Waals surface area contributed by atoms with Crippen LogP contribution in [0.3, 0.4) is 0 Å². The van der Waals surface area contributed by atoms with E-state index in [-0.39, 0.29) is 17.2 Å². The summed E-state index contributed by atoms with van der Waals surface area (Å²) in [5, 5.41) is 3.78. The molecular weight excluding hydrogens is 472 g/mol. The Morgan fingerprint density at radius 1 is 1.33 bits per heavy atom. The van der Waals surface area contributed by atoms with Crippen molar-refractivity contribution in [1.29, 1.82) is 0 Å². The minimum Gasteiger partial charge on any atom is -0.449 e. The van der Waals surface area contributed by atoms with E-state index in [4.69, 9.17) is 28.2 Å². The highest BCUT2D eigenvalue weighted by Gasteiger charge is 2.33. The first kappa shape index (κ1) is 19.9. The number of rotatable bonds is 5. The summed E-state index contributed by atoms with van der Waals surface area (Å²) in [7, 11) is 0. The second-order valence-corrected chi connectivity index (χ2v) is 8.09. The van der Waals surface area contributed by atoms with Crippen LogP contribution in [0, 0.1) is 0 Å². The van der Waals surface area contributed by atoms with Crippen LogP contribution in [0.2, 0.25) is 5.02 Å². The second-order valence-electron chi connectivity index (χ2n) is 5.36. The molecule has 0 atom stereocenters. The summed E-state index contributed by atoms with van der Waals surface area (Å²) in [5.41, 5.74) is -0.0604. The van der Waals surface area contributed by atoms with E-state index in [2.05, 4.69) is 27.8 Å². The van der Waals surface area contributed by atoms with E-state index in [1.54, 1.807) is 18.2 Å². The Bertz CT molecular complexity index is 969. The van der Waals surface area contributed by atoms with Gasteiger partial charge in [-0.25, -0.2) is 0 Å². The minimum atomic E-state index is -0.565. The number of carbonyl (C=O) groups excluding carboxylic acids is 2. The number of thiocarbonyl (C=S) groups is 1. The van der Waals surface area contributed by atoms with Crippen molar-refractivity contribution in [2.45, 2.75) is 9.99 Å². The molecule has 1 aromatic carbocycles. The number of carbonyl (C=O) groups is 2. The number of benzene rings is 1. The van der Waals surface area contributed by atoms with Gasteiger partial charge in [0.25, 0.3) is 11.8 Å². The molecule has 1 aromatic heterocycles. The molecule has 0 radical (unpaired) electrons. The molecular formula is C18H12BrClN2O3S2. The number of hydrogen-bond acceptors (Lipinski definition) is 5. The molecule has 5 nitrogen and oxygen atoms in total. The molecule has 9 heteroatoms. The van der Waals surface area contributed by atoms with Gasteiger partial charge in [0.1, 0.15) is 11.3 Å². The third-order valence-electron chi connectivity index (χ3n) is 3.48. The van der Waals surface area contributed by atoms with Gasteiger partial charge in [-0.2, -0.15) is 0 Å². The molecule has 0 bridgehead atoms. The normalized spacial score (nSPS) is 16.0. The van der Waals surface area contributed by atoms with Gasteiger partial charge in [0, 0.05) is 16.5 Å². The fraction of sp³-hybridized carbons (Fsp3) is 0.0556. The summed E-state index contributed by atoms with van der Waals surface area (Å²) < 4.78 is 6.48. The van der Waals surface area contributed by atoms with E-state index in [1.165, 1.54) is 28.8 Å². The fourth-order valence-electron chi connectivity index (χ4n) is 2.25. The van der Waals surface area contributed by atoms with Gasteiger partial charge in [-0.05, 0) is 64.6 Å². The number of furan rings is 1. The predicted octanol–water partition coefficient (Wildman–Crippen LogP) is 4.66. The van der Waals surface area contributed by atoms with Gasteiger partial charge < -0.3 is 4.42 Å². The molecule has 0 unspecified atom stereocenters. The van der Waals surface area contributed by atoms with Crippen molar-refractivity contribution in [2.75, 3.05) is 6.54 Å². The Balaban J connectivity index is 1.87. The molecule has 1 N–H and O–H groups in total. The van der Waals surface area contributed by atoms with Crippen molar-refractivity contribution < 1.29 is 14.0 Å². The molecule has 27 heavy (non-hydrogen) atoms. The number of hydrogen-bond donors (Lipinski definition) is 1. The number of nitrogens with one attached hydrogen (secondary N) is 1. The number of nitrogens with zero attached hydrogens (tertiary/aromatic N) is 1. The molecule has 1 aliphatic heterocycles. The average Bonchev–Trinajstić information content (AvgIpc) is 2.97. The molecule has 1 aliphatic rings. The van der Waals surface area contributed by atoms with Gasteiger partial charge in [0.05, 0.1) is 4.47 Å². The van der Waals surface area contributed by atoms with E-state index in [0.717, 1.165) is 4.90 Å². The van der Waals surface area contributed by atoms with Crippen LogP contribution >= 0.6 is 51.5 Å². The van der Waals surface area contributed by atoms with Gasteiger partial charge >= 0.3 is 0 Å². The van der Waals surface area contributed by atoms with E-state index in [0.29, 0.717) is 20.3 Å². The Hall–Kier alpha value is -1.87. The van der Waals surface area contributed by atoms with Gasteiger partial charge in [-0.3, -0.25) is 19.8 Å². The zero-order chi connectivity index (χ0) is 19.6. The zero-order valence-electron chi connectivity index (χ0n) is 13.7. The van der Waals surface area contributed by atoms with Crippen LogP contribution in [-0.2, 0) is 9.59 Å². The lowest BCUT2D eigenvalue weighted by Gasteiger charge is -2.27. The van der Waals surface area contributed by atoms with Crippen LogP contribution in [0.1, 0.15) is 5.76 Å². The lowest BCUT2D eigenvalue weighted by molar-refractivity contribution is -0.128. The van der Waals surface area contributed by atoms with Crippen molar-refractivity contribution in [3.63, 3.8) is 0 Å². The smallest absolute Gasteiger partial charge is 0.266 e. The highest BCUT2D eigenvalue weighted by molar-refractivity contribution is 9.10. The Morgan fingerprint density at radius 3 is 2.70 bits per heavy atom. The van der Waals surface area contributed by atoms with Crippen molar-refractivity contribution in [3.8, 4) is 0 Å². The fourth-order valence-corrected chi connectivity index (χ4v) is 3.96. The van der Waals surface area contributed by atoms with Gasteiger partial charge in [-0.15, -0.1) is 6.58 Å². The van der Waals surface area contributed by atoms with Gasteiger partial charge in [0.2, 0.25) is 0 Å². The summed E-state index contributed by atoms with van der Waals surface area (Å²) in [5.74, 6) is -0.698. The predicted molar refractivity (Wildman–Crippen MR) is 113 cm³/mol. The number of amides is 2. The first-order valence-electron chi connectivity index (χ1n) is 7.61. The Morgan fingerprint density at radius 2 is 2.04 bits per heavy atom. The molecule has 0 aliphatic carbocycles. The molecule has 2 heterocycles. The largest absolute Gasteiger partial charge is 0.449 e. The first-order chi connectivity index (χ1) is 12.9. The lowest BCUT2D eigenvalue weighted by atomic mass is 10.1. The maximum absolute atomic E-state index is 12.5. The standard InChI is InChI=1S/C18H12BrClN2O3S2/c1-2-7-22-16(24)13(15(23)21-18(22)26)8-11-9-14(19)17(25-11)27-12-5-3-10(20)4-6-12/h2-6,8-9H,1,7H2,(H,21,23,26)/b13-8+. The van der Waals surface area contributed by atoms with Crippen molar-refractivity contribution in [2.24, 2.45) is 0 Å². The summed E-state index contributed by atoms with van der Waals surface area (Å²) >= 11 is 15.7. The minimum absolute atomic E-state index is 0.0571. The highest BCUT2D eigenvalue weighted by atomic mass is 79.9. The van der Waals surface area contributed by atoms with Crippen LogP contribution in [-0.4, -0.2) is 28.4 Å². The Kier molecular flexibility index (Phi) is 6.21. The average molecular weight is 484 g/mol. The van der Waals surface area contributed by atoms with E-state index >= 15 is 0 Å². The third-order valence-corrected chi connectivity index (χ3v) is 5.91. The molecule has 1 fully saturated rings. The quantitative estimate of drug-likeness (QED) is 0.290. The molecule has 2 aromatic rings. The molecule has 2 amide bonds. The monoisotopic (exact) mass is 482 g/mol. The first-order valence-corrected chi connectivity index (χ1v) is 10.0. The maximum Gasteiger partial charge on any atom is 0.266 e. The van der Waals surface area contributed by atoms with Crippen molar-refractivity contribution >= 4 is 74.5 Å². The van der Waals surface area contributed by atoms with Crippen LogP contribution in [0.5, 0.6) is 0 Å². The Labute approximate surface area is 178 Å². The van der Waals surface area contributed by atoms with Crippen LogP contribution in [0.4, 0.5) is 0 Å². The molecule has 3 rings (SSSR count). The van der Waals surface area contributed by atoms with E-state index < -0.39 is 11.8 Å². The van der Waals surface area contributed by atoms with E-state index in [9.17, 15) is 9.59 Å². The molecule has 0 spiro atoms. The number of halogens is 2. The van der Waals surface area contributed by atoms with Crippen LogP contribution < -0.4 is 5.32 Å². The summed E-state index contributed by atoms with van der Waals surface area (Å²) in [6.07, 6.45) is 2.93. The van der Waals surface area contributed by atoms with Crippen molar-refractivity contribution in [3.05, 3.63) is 63.8 Å². The van der Waals surface area contributed by atoms with Gasteiger partial charge in [0.15, 0.2) is 10.2 Å². The highest BCUT2D eigenvalue weighted by Crippen LogP contribution is 2.37. The van der Waals surface area contributed by atoms with E-state index in [1.807, 2.05) is 12.1 Å². The van der Waals surface area contributed by atoms with Crippen molar-refractivity contribution in [1.82, 2.24) is 10.2 Å². The topological polar surface area (TPSA) is 62.6 Å². The zero-order valence-corrected chi connectivity index (χ0v) is 17.7. The summed E-state index contributed by atoms with van der Waals surface area (Å²) in [6, 6.07) is 8.99. The van der Waals surface area contributed by atoms with Crippen LogP contribution in [0.25, 0.3) is 6.08 Å².